The van der Waals surface area contributed by atoms with E-state index in [9.17, 15) is 0 Å². The van der Waals surface area contributed by atoms with Crippen LogP contribution in [0.15, 0.2) is 48.5 Å². The molecular weight excluding hydrogens is 220 g/mol. The summed E-state index contributed by atoms with van der Waals surface area (Å²) in [5.74, 6) is 0. The van der Waals surface area contributed by atoms with E-state index >= 15 is 0 Å². The molecule has 0 aliphatic heterocycles. The van der Waals surface area contributed by atoms with E-state index in [1.165, 1.54) is 11.1 Å². The van der Waals surface area contributed by atoms with Crippen LogP contribution in [0.2, 0.25) is 0 Å². The quantitative estimate of drug-likeness (QED) is 0.712. The van der Waals surface area contributed by atoms with Crippen LogP contribution in [0.1, 0.15) is 16.8 Å². The second-order valence-corrected chi connectivity index (χ2v) is 4.34. The van der Waals surface area contributed by atoms with Gasteiger partial charge in [0.25, 0.3) is 0 Å². The van der Waals surface area contributed by atoms with Crippen molar-refractivity contribution in [1.29, 1.82) is 0 Å². The zero-order valence-corrected chi connectivity index (χ0v) is 10.2. The zero-order chi connectivity index (χ0) is 12.4. The lowest BCUT2D eigenvalue weighted by Gasteiger charge is -1.97. The Balaban J connectivity index is 2.00. The number of aromatic amines is 1. The molecule has 88 valence electrons. The SMILES string of the molecule is Cc1ccccc1/C=C/c1n[nH]c2ccccc12. The summed E-state index contributed by atoms with van der Waals surface area (Å²) in [6, 6.07) is 16.5. The van der Waals surface area contributed by atoms with E-state index in [4.69, 9.17) is 0 Å². The number of nitrogens with zero attached hydrogens (tertiary/aromatic N) is 1. The van der Waals surface area contributed by atoms with Gasteiger partial charge in [-0.15, -0.1) is 0 Å². The first-order valence-corrected chi connectivity index (χ1v) is 6.01. The third-order valence-corrected chi connectivity index (χ3v) is 3.11. The standard InChI is InChI=1S/C16H14N2/c1-12-6-2-3-7-13(12)10-11-16-14-8-4-5-9-15(14)17-18-16/h2-11H,1H3,(H,17,18)/b11-10+. The molecule has 0 spiro atoms. The summed E-state index contributed by atoms with van der Waals surface area (Å²) in [5.41, 5.74) is 4.55. The van der Waals surface area contributed by atoms with Crippen LogP contribution in [-0.4, -0.2) is 10.2 Å². The van der Waals surface area contributed by atoms with Crippen molar-refractivity contribution in [3.8, 4) is 0 Å². The van der Waals surface area contributed by atoms with E-state index in [1.54, 1.807) is 0 Å². The summed E-state index contributed by atoms with van der Waals surface area (Å²) in [5, 5.41) is 8.52. The number of nitrogens with one attached hydrogen (secondary N) is 1. The van der Waals surface area contributed by atoms with E-state index < -0.39 is 0 Å². The maximum Gasteiger partial charge on any atom is 0.0927 e. The number of hydrogen-bond acceptors (Lipinski definition) is 1. The highest BCUT2D eigenvalue weighted by atomic mass is 15.1. The van der Waals surface area contributed by atoms with E-state index in [0.717, 1.165) is 16.6 Å². The normalized spacial score (nSPS) is 11.4. The number of aromatic nitrogens is 2. The van der Waals surface area contributed by atoms with Gasteiger partial charge < -0.3 is 0 Å². The van der Waals surface area contributed by atoms with Gasteiger partial charge in [-0.1, -0.05) is 48.5 Å². The highest BCUT2D eigenvalue weighted by Gasteiger charge is 2.00. The minimum Gasteiger partial charge on any atom is -0.277 e. The molecule has 1 aromatic heterocycles. The van der Waals surface area contributed by atoms with Crippen molar-refractivity contribution < 1.29 is 0 Å². The van der Waals surface area contributed by atoms with Crippen molar-refractivity contribution in [2.75, 3.05) is 0 Å². The summed E-state index contributed by atoms with van der Waals surface area (Å²) in [6.45, 7) is 2.11. The lowest BCUT2D eigenvalue weighted by Crippen LogP contribution is -1.78. The first kappa shape index (κ1) is 10.8. The molecule has 1 heterocycles. The van der Waals surface area contributed by atoms with Crippen LogP contribution in [0.4, 0.5) is 0 Å². The molecule has 0 unspecified atom stereocenters. The lowest BCUT2D eigenvalue weighted by atomic mass is 10.1. The van der Waals surface area contributed by atoms with Gasteiger partial charge in [0, 0.05) is 5.39 Å². The van der Waals surface area contributed by atoms with Crippen LogP contribution in [0.5, 0.6) is 0 Å². The van der Waals surface area contributed by atoms with Crippen LogP contribution < -0.4 is 0 Å². The molecule has 1 N–H and O–H groups in total. The summed E-state index contributed by atoms with van der Waals surface area (Å²) in [4.78, 5) is 0. The van der Waals surface area contributed by atoms with Crippen molar-refractivity contribution in [3.05, 3.63) is 65.4 Å². The average molecular weight is 234 g/mol. The summed E-state index contributed by atoms with van der Waals surface area (Å²) in [7, 11) is 0. The van der Waals surface area contributed by atoms with Crippen molar-refractivity contribution in [1.82, 2.24) is 10.2 Å². The minimum absolute atomic E-state index is 0.980. The number of fused-ring (bicyclic) bond motifs is 1. The van der Waals surface area contributed by atoms with Crippen molar-refractivity contribution >= 4 is 23.1 Å². The van der Waals surface area contributed by atoms with Crippen molar-refractivity contribution in [3.63, 3.8) is 0 Å². The molecule has 3 aromatic rings. The molecule has 0 bridgehead atoms. The molecule has 2 nitrogen and oxygen atoms in total. The van der Waals surface area contributed by atoms with Crippen LogP contribution >= 0.6 is 0 Å². The van der Waals surface area contributed by atoms with Crippen LogP contribution in [0.3, 0.4) is 0 Å². The third kappa shape index (κ3) is 1.93. The Morgan fingerprint density at radius 3 is 2.61 bits per heavy atom. The maximum absolute atomic E-state index is 4.33. The Kier molecular flexibility index (Phi) is 2.69. The molecule has 0 aliphatic carbocycles. The Morgan fingerprint density at radius 1 is 0.944 bits per heavy atom. The first-order valence-electron chi connectivity index (χ1n) is 6.01. The summed E-state index contributed by atoms with van der Waals surface area (Å²) in [6.07, 6.45) is 4.17. The molecule has 0 aliphatic rings. The predicted octanol–water partition coefficient (Wildman–Crippen LogP) is 4.04. The number of rotatable bonds is 2. The lowest BCUT2D eigenvalue weighted by molar-refractivity contribution is 1.11. The van der Waals surface area contributed by atoms with E-state index in [0.29, 0.717) is 0 Å². The van der Waals surface area contributed by atoms with Gasteiger partial charge in [-0.3, -0.25) is 5.10 Å². The molecule has 3 rings (SSSR count). The number of para-hydroxylation sites is 1. The van der Waals surface area contributed by atoms with Gasteiger partial charge in [0.1, 0.15) is 0 Å². The van der Waals surface area contributed by atoms with Crippen LogP contribution in [-0.2, 0) is 0 Å². The van der Waals surface area contributed by atoms with Gasteiger partial charge in [0.15, 0.2) is 0 Å². The largest absolute Gasteiger partial charge is 0.277 e. The summed E-state index contributed by atoms with van der Waals surface area (Å²) < 4.78 is 0. The molecule has 0 radical (unpaired) electrons. The molecule has 0 fully saturated rings. The average Bonchev–Trinajstić information content (AvgIpc) is 2.81. The molecule has 0 atom stereocenters. The molecule has 2 heteroatoms. The van der Waals surface area contributed by atoms with Gasteiger partial charge in [0.2, 0.25) is 0 Å². The van der Waals surface area contributed by atoms with Gasteiger partial charge >= 0.3 is 0 Å². The highest BCUT2D eigenvalue weighted by Crippen LogP contribution is 2.18. The second kappa shape index (κ2) is 4.49. The highest BCUT2D eigenvalue weighted by molar-refractivity contribution is 5.89. The monoisotopic (exact) mass is 234 g/mol. The Hall–Kier alpha value is -2.35. The minimum atomic E-state index is 0.980. The molecule has 2 aromatic carbocycles. The molecular formula is C16H14N2. The number of hydrogen-bond donors (Lipinski definition) is 1. The topological polar surface area (TPSA) is 28.7 Å². The fourth-order valence-electron chi connectivity index (χ4n) is 2.05. The molecule has 0 saturated heterocycles. The smallest absolute Gasteiger partial charge is 0.0927 e. The van der Waals surface area contributed by atoms with Crippen LogP contribution in [0, 0.1) is 6.92 Å². The Morgan fingerprint density at radius 2 is 1.72 bits per heavy atom. The van der Waals surface area contributed by atoms with Gasteiger partial charge in [-0.2, -0.15) is 5.10 Å². The Labute approximate surface area is 106 Å². The maximum atomic E-state index is 4.33. The van der Waals surface area contributed by atoms with Crippen LogP contribution in [0.25, 0.3) is 23.1 Å². The number of benzene rings is 2. The zero-order valence-electron chi connectivity index (χ0n) is 10.2. The van der Waals surface area contributed by atoms with E-state index in [2.05, 4.69) is 59.6 Å². The Bertz CT molecular complexity index is 708. The first-order chi connectivity index (χ1) is 8.84. The third-order valence-electron chi connectivity index (χ3n) is 3.11. The predicted molar refractivity (Wildman–Crippen MR) is 76.2 cm³/mol. The van der Waals surface area contributed by atoms with Gasteiger partial charge in [-0.25, -0.2) is 0 Å². The fraction of sp³-hybridized carbons (Fsp3) is 0.0625. The van der Waals surface area contributed by atoms with E-state index in [-0.39, 0.29) is 0 Å². The van der Waals surface area contributed by atoms with Crippen molar-refractivity contribution in [2.45, 2.75) is 6.92 Å². The van der Waals surface area contributed by atoms with E-state index in [1.807, 2.05) is 18.2 Å². The molecule has 0 amide bonds. The number of aryl methyl sites for hydroxylation is 1. The second-order valence-electron chi connectivity index (χ2n) is 4.34. The number of H-pyrrole nitrogens is 1. The van der Waals surface area contributed by atoms with Gasteiger partial charge in [-0.05, 0) is 30.2 Å². The fourth-order valence-corrected chi connectivity index (χ4v) is 2.05. The molecule has 0 saturated carbocycles. The molecule has 18 heavy (non-hydrogen) atoms. The van der Waals surface area contributed by atoms with Gasteiger partial charge in [0.05, 0.1) is 11.2 Å². The summed E-state index contributed by atoms with van der Waals surface area (Å²) >= 11 is 0. The van der Waals surface area contributed by atoms with Crippen molar-refractivity contribution in [2.24, 2.45) is 0 Å².